The van der Waals surface area contributed by atoms with Crippen LogP contribution >= 0.6 is 11.3 Å². The maximum Gasteiger partial charge on any atom is 0.322 e. The Hall–Kier alpha value is -0.870. The second kappa shape index (κ2) is 5.78. The first-order valence-corrected chi connectivity index (χ1v) is 5.54. The van der Waals surface area contributed by atoms with Crippen molar-refractivity contribution in [3.8, 4) is 0 Å². The molecule has 1 aromatic heterocycles. The molecule has 0 radical (unpaired) electrons. The maximum absolute atomic E-state index is 11.2. The average molecular weight is 213 g/mol. The van der Waals surface area contributed by atoms with Gasteiger partial charge in [0.2, 0.25) is 0 Å². The number of esters is 1. The molecule has 14 heavy (non-hydrogen) atoms. The third-order valence-electron chi connectivity index (χ3n) is 1.80. The number of hydrogen-bond donors (Lipinski definition) is 1. The lowest BCUT2D eigenvalue weighted by Gasteiger charge is -2.11. The van der Waals surface area contributed by atoms with Crippen LogP contribution in [0.3, 0.4) is 0 Å². The first kappa shape index (κ1) is 11.2. The van der Waals surface area contributed by atoms with Crippen molar-refractivity contribution in [2.75, 3.05) is 6.61 Å². The fraction of sp³-hybridized carbons (Fsp3) is 0.500. The van der Waals surface area contributed by atoms with Gasteiger partial charge < -0.3 is 4.74 Å². The molecule has 0 fully saturated rings. The van der Waals surface area contributed by atoms with Crippen molar-refractivity contribution in [3.05, 3.63) is 22.4 Å². The summed E-state index contributed by atoms with van der Waals surface area (Å²) in [6.07, 6.45) is 0. The molecule has 0 amide bonds. The fourth-order valence-corrected chi connectivity index (χ4v) is 1.67. The molecular formula is C10H15NO2S. The minimum absolute atomic E-state index is 0.191. The van der Waals surface area contributed by atoms with Crippen LogP contribution in [0.5, 0.6) is 0 Å². The summed E-state index contributed by atoms with van der Waals surface area (Å²) in [4.78, 5) is 12.4. The standard InChI is InChI=1S/C10H15NO2S/c1-3-13-10(12)8(2)11-7-9-5-4-6-14-9/h4-6,8,11H,3,7H2,1-2H3. The summed E-state index contributed by atoms with van der Waals surface area (Å²) in [7, 11) is 0. The van der Waals surface area contributed by atoms with E-state index in [2.05, 4.69) is 5.32 Å². The first-order valence-electron chi connectivity index (χ1n) is 4.66. The number of hydrogen-bond acceptors (Lipinski definition) is 4. The first-order chi connectivity index (χ1) is 6.74. The average Bonchev–Trinajstić information content (AvgIpc) is 2.67. The van der Waals surface area contributed by atoms with Gasteiger partial charge in [0.15, 0.2) is 0 Å². The van der Waals surface area contributed by atoms with Crippen LogP contribution < -0.4 is 5.32 Å². The Morgan fingerprint density at radius 1 is 1.71 bits per heavy atom. The van der Waals surface area contributed by atoms with E-state index < -0.39 is 0 Å². The molecule has 0 bridgehead atoms. The van der Waals surface area contributed by atoms with E-state index in [0.717, 1.165) is 6.54 Å². The maximum atomic E-state index is 11.2. The normalized spacial score (nSPS) is 12.4. The molecule has 0 aliphatic carbocycles. The van der Waals surface area contributed by atoms with Crippen molar-refractivity contribution in [2.45, 2.75) is 26.4 Å². The number of carbonyl (C=O) groups excluding carboxylic acids is 1. The molecule has 1 rings (SSSR count). The summed E-state index contributed by atoms with van der Waals surface area (Å²) >= 11 is 1.68. The van der Waals surface area contributed by atoms with Crippen LogP contribution in [0.15, 0.2) is 17.5 Å². The van der Waals surface area contributed by atoms with E-state index in [1.807, 2.05) is 31.4 Å². The highest BCUT2D eigenvalue weighted by Gasteiger charge is 2.12. The minimum Gasteiger partial charge on any atom is -0.465 e. The Morgan fingerprint density at radius 2 is 2.50 bits per heavy atom. The lowest BCUT2D eigenvalue weighted by atomic mass is 10.3. The number of ether oxygens (including phenoxy) is 1. The molecule has 0 saturated heterocycles. The fourth-order valence-electron chi connectivity index (χ4n) is 1.02. The second-order valence-corrected chi connectivity index (χ2v) is 3.97. The largest absolute Gasteiger partial charge is 0.465 e. The third-order valence-corrected chi connectivity index (χ3v) is 2.68. The van der Waals surface area contributed by atoms with Crippen LogP contribution in [0.1, 0.15) is 18.7 Å². The molecule has 0 aliphatic heterocycles. The van der Waals surface area contributed by atoms with Crippen molar-refractivity contribution in [1.82, 2.24) is 5.32 Å². The van der Waals surface area contributed by atoms with Gasteiger partial charge in [-0.3, -0.25) is 10.1 Å². The number of nitrogens with one attached hydrogen (secondary N) is 1. The highest BCUT2D eigenvalue weighted by Crippen LogP contribution is 2.07. The third kappa shape index (κ3) is 3.47. The van der Waals surface area contributed by atoms with Crippen molar-refractivity contribution in [1.29, 1.82) is 0 Å². The van der Waals surface area contributed by atoms with Crippen molar-refractivity contribution in [3.63, 3.8) is 0 Å². The monoisotopic (exact) mass is 213 g/mol. The lowest BCUT2D eigenvalue weighted by molar-refractivity contribution is -0.145. The van der Waals surface area contributed by atoms with Crippen LogP contribution in [-0.4, -0.2) is 18.6 Å². The molecule has 4 heteroatoms. The van der Waals surface area contributed by atoms with Gasteiger partial charge in [-0.25, -0.2) is 0 Å². The number of rotatable bonds is 5. The van der Waals surface area contributed by atoms with Crippen molar-refractivity contribution in [2.24, 2.45) is 0 Å². The van der Waals surface area contributed by atoms with Crippen LogP contribution in [-0.2, 0) is 16.1 Å². The zero-order chi connectivity index (χ0) is 10.4. The SMILES string of the molecule is CCOC(=O)C(C)NCc1cccs1. The Morgan fingerprint density at radius 3 is 3.07 bits per heavy atom. The van der Waals surface area contributed by atoms with Gasteiger partial charge in [0.05, 0.1) is 6.61 Å². The Balaban J connectivity index is 2.27. The number of carbonyl (C=O) groups is 1. The van der Waals surface area contributed by atoms with Gasteiger partial charge in [-0.05, 0) is 25.3 Å². The zero-order valence-electron chi connectivity index (χ0n) is 8.45. The van der Waals surface area contributed by atoms with Gasteiger partial charge in [-0.2, -0.15) is 0 Å². The Kier molecular flexibility index (Phi) is 4.62. The smallest absolute Gasteiger partial charge is 0.322 e. The summed E-state index contributed by atoms with van der Waals surface area (Å²) in [5, 5.41) is 5.13. The van der Waals surface area contributed by atoms with Crippen LogP contribution in [0.25, 0.3) is 0 Å². The van der Waals surface area contributed by atoms with Crippen molar-refractivity contribution >= 4 is 17.3 Å². The van der Waals surface area contributed by atoms with Crippen LogP contribution in [0.2, 0.25) is 0 Å². The van der Waals surface area contributed by atoms with Gasteiger partial charge in [-0.1, -0.05) is 6.07 Å². The molecule has 0 aliphatic rings. The van der Waals surface area contributed by atoms with E-state index in [9.17, 15) is 4.79 Å². The van der Waals surface area contributed by atoms with Gasteiger partial charge in [-0.15, -0.1) is 11.3 Å². The van der Waals surface area contributed by atoms with E-state index in [0.29, 0.717) is 6.61 Å². The lowest BCUT2D eigenvalue weighted by Crippen LogP contribution is -2.34. The van der Waals surface area contributed by atoms with Crippen LogP contribution in [0.4, 0.5) is 0 Å². The Labute approximate surface area is 88.1 Å². The molecule has 1 aromatic rings. The number of thiophene rings is 1. The predicted octanol–water partition coefficient (Wildman–Crippen LogP) is 1.79. The summed E-state index contributed by atoms with van der Waals surface area (Å²) in [5.74, 6) is -0.191. The molecule has 78 valence electrons. The van der Waals surface area contributed by atoms with E-state index >= 15 is 0 Å². The zero-order valence-corrected chi connectivity index (χ0v) is 9.26. The molecule has 1 heterocycles. The minimum atomic E-state index is -0.239. The van der Waals surface area contributed by atoms with Crippen molar-refractivity contribution < 1.29 is 9.53 Å². The molecule has 0 saturated carbocycles. The predicted molar refractivity (Wildman–Crippen MR) is 57.3 cm³/mol. The molecule has 0 spiro atoms. The van der Waals surface area contributed by atoms with E-state index in [1.165, 1.54) is 4.88 Å². The summed E-state index contributed by atoms with van der Waals surface area (Å²) in [6, 6.07) is 3.80. The Bertz CT molecular complexity index is 272. The van der Waals surface area contributed by atoms with E-state index in [-0.39, 0.29) is 12.0 Å². The topological polar surface area (TPSA) is 38.3 Å². The molecular weight excluding hydrogens is 198 g/mol. The molecule has 1 N–H and O–H groups in total. The summed E-state index contributed by atoms with van der Waals surface area (Å²) in [6.45, 7) is 4.77. The van der Waals surface area contributed by atoms with Gasteiger partial charge >= 0.3 is 5.97 Å². The van der Waals surface area contributed by atoms with Gasteiger partial charge in [0, 0.05) is 11.4 Å². The van der Waals surface area contributed by atoms with E-state index in [1.54, 1.807) is 11.3 Å². The molecule has 0 aromatic carbocycles. The van der Waals surface area contributed by atoms with E-state index in [4.69, 9.17) is 4.74 Å². The quantitative estimate of drug-likeness (QED) is 0.758. The highest BCUT2D eigenvalue weighted by atomic mass is 32.1. The summed E-state index contributed by atoms with van der Waals surface area (Å²) < 4.78 is 4.88. The highest BCUT2D eigenvalue weighted by molar-refractivity contribution is 7.09. The van der Waals surface area contributed by atoms with Gasteiger partial charge in [0.1, 0.15) is 6.04 Å². The van der Waals surface area contributed by atoms with Gasteiger partial charge in [0.25, 0.3) is 0 Å². The second-order valence-electron chi connectivity index (χ2n) is 2.93. The molecule has 3 nitrogen and oxygen atoms in total. The molecule has 1 atom stereocenters. The molecule has 1 unspecified atom stereocenters. The summed E-state index contributed by atoms with van der Waals surface area (Å²) in [5.41, 5.74) is 0. The van der Waals surface area contributed by atoms with Crippen LogP contribution in [0, 0.1) is 0 Å².